The van der Waals surface area contributed by atoms with Gasteiger partial charge in [0.25, 0.3) is 0 Å². The summed E-state index contributed by atoms with van der Waals surface area (Å²) in [5.41, 5.74) is -0.434. The van der Waals surface area contributed by atoms with Crippen LogP contribution in [0.1, 0.15) is 38.5 Å². The summed E-state index contributed by atoms with van der Waals surface area (Å²) in [4.78, 5) is 0. The Morgan fingerprint density at radius 1 is 0.455 bits per heavy atom. The minimum atomic E-state index is -2.66. The van der Waals surface area contributed by atoms with Crippen molar-refractivity contribution in [2.45, 2.75) is 62.3 Å². The molecule has 0 unspecified atom stereocenters. The Bertz CT molecular complexity index is 402. The first-order valence-electron chi connectivity index (χ1n) is 11.0. The Balaban J connectivity index is 5.38. The largest absolute Gasteiger partial charge is 0.500 e. The van der Waals surface area contributed by atoms with Gasteiger partial charge in [-0.1, -0.05) is 0 Å². The minimum absolute atomic E-state index is 0.434. The molecule has 0 N–H and O–H groups in total. The lowest BCUT2D eigenvalue weighted by Gasteiger charge is -2.36. The molecule has 33 heavy (non-hydrogen) atoms. The molecule has 0 aromatic heterocycles. The van der Waals surface area contributed by atoms with E-state index in [2.05, 4.69) is 10.5 Å². The van der Waals surface area contributed by atoms with E-state index < -0.39 is 32.0 Å². The van der Waals surface area contributed by atoms with E-state index in [9.17, 15) is 0 Å². The summed E-state index contributed by atoms with van der Waals surface area (Å²) in [6.07, 6.45) is 4.79. The monoisotopic (exact) mass is 545 g/mol. The van der Waals surface area contributed by atoms with E-state index in [1.165, 1.54) is 0 Å². The van der Waals surface area contributed by atoms with Crippen molar-refractivity contribution in [3.63, 3.8) is 0 Å². The highest BCUT2D eigenvalue weighted by Crippen LogP contribution is 2.34. The zero-order valence-electron chi connectivity index (χ0n) is 21.9. The van der Waals surface area contributed by atoms with Gasteiger partial charge in [-0.3, -0.25) is 0 Å². The molecule has 0 aromatic carbocycles. The van der Waals surface area contributed by atoms with Crippen molar-refractivity contribution in [1.29, 1.82) is 0 Å². The predicted molar refractivity (Wildman–Crippen MR) is 132 cm³/mol. The Labute approximate surface area is 207 Å². The maximum Gasteiger partial charge on any atom is 0.500 e. The molecule has 0 aromatic rings. The highest BCUT2D eigenvalue weighted by molar-refractivity contribution is 6.61. The van der Waals surface area contributed by atoms with Gasteiger partial charge in [0, 0.05) is 82.1 Å². The van der Waals surface area contributed by atoms with Gasteiger partial charge in [0.15, 0.2) is 0 Å². The summed E-state index contributed by atoms with van der Waals surface area (Å²) in [7, 11) is 10.0. The molecule has 0 spiro atoms. The average molecular weight is 546 g/mol. The Kier molecular flexibility index (Phi) is 17.3. The van der Waals surface area contributed by atoms with E-state index in [1.54, 1.807) is 64.0 Å². The van der Waals surface area contributed by atoms with Crippen molar-refractivity contribution >= 4 is 36.9 Å². The molecule has 0 aliphatic rings. The van der Waals surface area contributed by atoms with Gasteiger partial charge in [-0.25, -0.2) is 0 Å². The average Bonchev–Trinajstić information content (AvgIpc) is 2.87. The van der Waals surface area contributed by atoms with Crippen LogP contribution in [-0.4, -0.2) is 106 Å². The lowest BCUT2D eigenvalue weighted by atomic mass is 9.88. The summed E-state index contributed by atoms with van der Waals surface area (Å²) in [5, 5.41) is 0. The molecule has 0 aliphatic carbocycles. The lowest BCUT2D eigenvalue weighted by molar-refractivity contribution is 0.0414. The zero-order valence-corrected chi connectivity index (χ0v) is 25.9. The van der Waals surface area contributed by atoms with E-state index in [-0.39, 0.29) is 0 Å². The van der Waals surface area contributed by atoms with Gasteiger partial charge in [-0.15, -0.1) is 0 Å². The van der Waals surface area contributed by atoms with Crippen LogP contribution in [0.3, 0.4) is 0 Å². The van der Waals surface area contributed by atoms with Gasteiger partial charge < -0.3 is 44.3 Å². The SMILES string of the molecule is CO[Si](CCCC(CCC[Si](OC)(OC)OC)(CCC[Si](OC)(OC)OC)O[Si])(OC)OC. The molecular weight excluding hydrogens is 501 g/mol. The molecule has 0 bridgehead atoms. The molecule has 0 saturated carbocycles. The van der Waals surface area contributed by atoms with Crippen molar-refractivity contribution < 1.29 is 44.3 Å². The summed E-state index contributed by atoms with van der Waals surface area (Å²) in [5.74, 6) is 0. The molecule has 14 heteroatoms. The number of hydrogen-bond donors (Lipinski definition) is 0. The fourth-order valence-corrected chi connectivity index (χ4v) is 9.55. The van der Waals surface area contributed by atoms with Crippen LogP contribution >= 0.6 is 0 Å². The van der Waals surface area contributed by atoms with E-state index in [1.807, 2.05) is 0 Å². The van der Waals surface area contributed by atoms with Crippen LogP contribution in [0.15, 0.2) is 0 Å². The third-order valence-electron chi connectivity index (χ3n) is 6.36. The third-order valence-corrected chi connectivity index (χ3v) is 15.3. The molecule has 197 valence electrons. The fourth-order valence-electron chi connectivity index (χ4n) is 4.08. The van der Waals surface area contributed by atoms with Gasteiger partial charge >= 0.3 is 26.4 Å². The van der Waals surface area contributed by atoms with Crippen LogP contribution < -0.4 is 0 Å². The second kappa shape index (κ2) is 17.0. The van der Waals surface area contributed by atoms with Crippen LogP contribution in [0.25, 0.3) is 0 Å². The molecule has 0 amide bonds. The quantitative estimate of drug-likeness (QED) is 0.189. The van der Waals surface area contributed by atoms with Crippen molar-refractivity contribution in [3.05, 3.63) is 0 Å². The lowest BCUT2D eigenvalue weighted by Crippen LogP contribution is -2.45. The van der Waals surface area contributed by atoms with Gasteiger partial charge in [-0.2, -0.15) is 0 Å². The first-order chi connectivity index (χ1) is 15.7. The molecule has 0 fully saturated rings. The topological polar surface area (TPSA) is 92.3 Å². The molecule has 0 heterocycles. The fraction of sp³-hybridized carbons (Fsp3) is 1.00. The van der Waals surface area contributed by atoms with Gasteiger partial charge in [0.05, 0.1) is 5.60 Å². The minimum Gasteiger partial charge on any atom is -0.413 e. The summed E-state index contributed by atoms with van der Waals surface area (Å²) >= 11 is 0. The van der Waals surface area contributed by atoms with Gasteiger partial charge in [0.2, 0.25) is 10.5 Å². The first kappa shape index (κ1) is 33.5. The highest BCUT2D eigenvalue weighted by Gasteiger charge is 2.42. The van der Waals surface area contributed by atoms with Gasteiger partial charge in [0.1, 0.15) is 0 Å². The van der Waals surface area contributed by atoms with Gasteiger partial charge in [-0.05, 0) is 38.5 Å². The third kappa shape index (κ3) is 10.2. The summed E-state index contributed by atoms with van der Waals surface area (Å²) in [6.45, 7) is 0. The first-order valence-corrected chi connectivity index (χ1v) is 17.2. The highest BCUT2D eigenvalue weighted by atomic mass is 28.4. The van der Waals surface area contributed by atoms with Crippen LogP contribution in [0.5, 0.6) is 0 Å². The Morgan fingerprint density at radius 2 is 0.667 bits per heavy atom. The summed E-state index contributed by atoms with van der Waals surface area (Å²) in [6, 6.07) is 2.06. The van der Waals surface area contributed by atoms with E-state index in [0.717, 1.165) is 38.5 Å². The second-order valence-electron chi connectivity index (χ2n) is 7.73. The standard InChI is InChI=1S/C19H45O10Si4/c1-20-31(21-2,22-3)16-10-13-19(29-30,14-11-17-32(23-4,24-5)25-6)15-12-18-33(26-7,27-8)28-9/h10-18H2,1-9H3. The molecule has 0 aliphatic heterocycles. The van der Waals surface area contributed by atoms with E-state index >= 15 is 0 Å². The number of rotatable bonds is 22. The molecular formula is C19H45O10Si4. The maximum absolute atomic E-state index is 5.97. The Morgan fingerprint density at radius 3 is 0.818 bits per heavy atom. The molecule has 0 atom stereocenters. The van der Waals surface area contributed by atoms with Crippen molar-refractivity contribution in [2.24, 2.45) is 0 Å². The van der Waals surface area contributed by atoms with Crippen LogP contribution in [0, 0.1) is 0 Å². The smallest absolute Gasteiger partial charge is 0.413 e. The molecule has 3 radical (unpaired) electrons. The molecule has 0 saturated heterocycles. The van der Waals surface area contributed by atoms with Crippen molar-refractivity contribution in [3.8, 4) is 0 Å². The van der Waals surface area contributed by atoms with Crippen LogP contribution in [0.4, 0.5) is 0 Å². The van der Waals surface area contributed by atoms with E-state index in [4.69, 9.17) is 44.3 Å². The van der Waals surface area contributed by atoms with Crippen molar-refractivity contribution in [2.75, 3.05) is 64.0 Å². The van der Waals surface area contributed by atoms with Crippen molar-refractivity contribution in [1.82, 2.24) is 0 Å². The van der Waals surface area contributed by atoms with Crippen LogP contribution in [0.2, 0.25) is 18.1 Å². The Hall–Kier alpha value is 0.468. The maximum atomic E-state index is 5.97. The molecule has 0 rings (SSSR count). The zero-order chi connectivity index (χ0) is 25.4. The summed E-state index contributed by atoms with van der Waals surface area (Å²) < 4.78 is 56.2. The van der Waals surface area contributed by atoms with E-state index in [0.29, 0.717) is 18.1 Å². The normalized spacial score (nSPS) is 13.6. The number of hydrogen-bond acceptors (Lipinski definition) is 10. The van der Waals surface area contributed by atoms with Crippen LogP contribution in [-0.2, 0) is 44.3 Å². The predicted octanol–water partition coefficient (Wildman–Crippen LogP) is 2.80. The molecule has 10 nitrogen and oxygen atoms in total. The second-order valence-corrected chi connectivity index (χ2v) is 17.2.